The smallest absolute Gasteiger partial charge is 0.256 e. The van der Waals surface area contributed by atoms with Crippen LogP contribution in [-0.4, -0.2) is 33.5 Å². The SMILES string of the molecule is Cc1cc(C2CCCN2C(=O)c2ccc(NC3CC3)nc2)on1. The summed E-state index contributed by atoms with van der Waals surface area (Å²) in [5.41, 5.74) is 1.46. The van der Waals surface area contributed by atoms with Gasteiger partial charge in [-0.2, -0.15) is 0 Å². The number of aromatic nitrogens is 2. The van der Waals surface area contributed by atoms with Crippen molar-refractivity contribution in [3.8, 4) is 0 Å². The Bertz CT molecular complexity index is 706. The van der Waals surface area contributed by atoms with E-state index in [1.807, 2.05) is 30.0 Å². The van der Waals surface area contributed by atoms with Gasteiger partial charge in [0.25, 0.3) is 5.91 Å². The van der Waals surface area contributed by atoms with Crippen LogP contribution in [-0.2, 0) is 0 Å². The molecule has 2 aromatic heterocycles. The van der Waals surface area contributed by atoms with Gasteiger partial charge in [0.05, 0.1) is 17.3 Å². The lowest BCUT2D eigenvalue weighted by Crippen LogP contribution is -2.30. The van der Waals surface area contributed by atoms with Crippen molar-refractivity contribution in [2.24, 2.45) is 0 Å². The van der Waals surface area contributed by atoms with E-state index in [4.69, 9.17) is 4.52 Å². The number of nitrogens with one attached hydrogen (secondary N) is 1. The summed E-state index contributed by atoms with van der Waals surface area (Å²) in [6.07, 6.45) is 5.96. The molecule has 2 aromatic rings. The highest BCUT2D eigenvalue weighted by molar-refractivity contribution is 5.94. The average Bonchev–Trinajstić information content (AvgIpc) is 3.07. The standard InChI is InChI=1S/C17H20N4O2/c1-11-9-15(23-20-11)14-3-2-8-21(14)17(22)12-4-7-16(18-10-12)19-13-5-6-13/h4,7,9-10,13-14H,2-3,5-6,8H2,1H3,(H,18,19). The molecule has 120 valence electrons. The van der Waals surface area contributed by atoms with Crippen molar-refractivity contribution in [1.82, 2.24) is 15.0 Å². The van der Waals surface area contributed by atoms with Crippen LogP contribution in [0.1, 0.15) is 53.5 Å². The molecule has 3 heterocycles. The Hall–Kier alpha value is -2.37. The first kappa shape index (κ1) is 14.2. The zero-order valence-electron chi connectivity index (χ0n) is 13.2. The van der Waals surface area contributed by atoms with Crippen molar-refractivity contribution in [3.05, 3.63) is 41.4 Å². The van der Waals surface area contributed by atoms with E-state index in [0.717, 1.165) is 36.7 Å². The molecule has 1 N–H and O–H groups in total. The minimum absolute atomic E-state index is 0.00650. The quantitative estimate of drug-likeness (QED) is 0.940. The molecule has 1 saturated heterocycles. The monoisotopic (exact) mass is 312 g/mol. The maximum atomic E-state index is 12.8. The van der Waals surface area contributed by atoms with E-state index in [0.29, 0.717) is 11.6 Å². The number of carbonyl (C=O) groups excluding carboxylic acids is 1. The number of carbonyl (C=O) groups is 1. The number of rotatable bonds is 4. The summed E-state index contributed by atoms with van der Waals surface area (Å²) in [7, 11) is 0. The van der Waals surface area contributed by atoms with E-state index in [-0.39, 0.29) is 11.9 Å². The summed E-state index contributed by atoms with van der Waals surface area (Å²) in [6, 6.07) is 6.18. The lowest BCUT2D eigenvalue weighted by molar-refractivity contribution is 0.0714. The third kappa shape index (κ3) is 2.93. The predicted molar refractivity (Wildman–Crippen MR) is 85.1 cm³/mol. The molecule has 2 fully saturated rings. The van der Waals surface area contributed by atoms with E-state index in [1.54, 1.807) is 6.20 Å². The highest BCUT2D eigenvalue weighted by atomic mass is 16.5. The Balaban J connectivity index is 1.50. The fourth-order valence-corrected chi connectivity index (χ4v) is 3.05. The van der Waals surface area contributed by atoms with Gasteiger partial charge < -0.3 is 14.7 Å². The van der Waals surface area contributed by atoms with E-state index < -0.39 is 0 Å². The predicted octanol–water partition coefficient (Wildman–Crippen LogP) is 2.93. The van der Waals surface area contributed by atoms with Crippen LogP contribution < -0.4 is 5.32 Å². The van der Waals surface area contributed by atoms with Crippen molar-refractivity contribution in [3.63, 3.8) is 0 Å². The lowest BCUT2D eigenvalue weighted by Gasteiger charge is -2.22. The molecule has 23 heavy (non-hydrogen) atoms. The summed E-state index contributed by atoms with van der Waals surface area (Å²) in [6.45, 7) is 2.63. The molecule has 1 aliphatic heterocycles. The van der Waals surface area contributed by atoms with Crippen molar-refractivity contribution in [2.75, 3.05) is 11.9 Å². The summed E-state index contributed by atoms with van der Waals surface area (Å²) in [5.74, 6) is 1.62. The molecular weight excluding hydrogens is 292 g/mol. The van der Waals surface area contributed by atoms with Crippen LogP contribution in [0.3, 0.4) is 0 Å². The Morgan fingerprint density at radius 1 is 1.35 bits per heavy atom. The van der Waals surface area contributed by atoms with Gasteiger partial charge in [-0.1, -0.05) is 5.16 Å². The molecule has 1 amide bonds. The second-order valence-corrected chi connectivity index (χ2v) is 6.38. The maximum Gasteiger partial charge on any atom is 0.256 e. The van der Waals surface area contributed by atoms with E-state index in [2.05, 4.69) is 15.5 Å². The molecule has 0 aromatic carbocycles. The highest BCUT2D eigenvalue weighted by Gasteiger charge is 2.33. The number of amides is 1. The van der Waals surface area contributed by atoms with Crippen LogP contribution in [0.25, 0.3) is 0 Å². The molecule has 6 heteroatoms. The molecule has 0 radical (unpaired) electrons. The van der Waals surface area contributed by atoms with Gasteiger partial charge in [-0.15, -0.1) is 0 Å². The molecule has 0 spiro atoms. The number of nitrogens with zero attached hydrogens (tertiary/aromatic N) is 3. The molecule has 4 rings (SSSR count). The van der Waals surface area contributed by atoms with Gasteiger partial charge >= 0.3 is 0 Å². The van der Waals surface area contributed by atoms with Crippen LogP contribution in [0.15, 0.2) is 28.9 Å². The molecule has 1 saturated carbocycles. The highest BCUT2D eigenvalue weighted by Crippen LogP contribution is 2.33. The molecule has 2 aliphatic rings. The lowest BCUT2D eigenvalue weighted by atomic mass is 10.1. The molecule has 0 bridgehead atoms. The van der Waals surface area contributed by atoms with Gasteiger partial charge in [0.15, 0.2) is 5.76 Å². The van der Waals surface area contributed by atoms with Crippen molar-refractivity contribution in [1.29, 1.82) is 0 Å². The van der Waals surface area contributed by atoms with Crippen molar-refractivity contribution < 1.29 is 9.32 Å². The first-order chi connectivity index (χ1) is 11.2. The number of hydrogen-bond acceptors (Lipinski definition) is 5. The van der Waals surface area contributed by atoms with Crippen LogP contribution in [0.5, 0.6) is 0 Å². The topological polar surface area (TPSA) is 71.3 Å². The summed E-state index contributed by atoms with van der Waals surface area (Å²) < 4.78 is 5.36. The van der Waals surface area contributed by atoms with Gasteiger partial charge in [0.1, 0.15) is 5.82 Å². The Morgan fingerprint density at radius 3 is 2.87 bits per heavy atom. The zero-order chi connectivity index (χ0) is 15.8. The number of hydrogen-bond donors (Lipinski definition) is 1. The van der Waals surface area contributed by atoms with Crippen LogP contribution in [0, 0.1) is 6.92 Å². The average molecular weight is 312 g/mol. The maximum absolute atomic E-state index is 12.8. The third-order valence-corrected chi connectivity index (χ3v) is 4.43. The van der Waals surface area contributed by atoms with Crippen molar-refractivity contribution >= 4 is 11.7 Å². The molecule has 6 nitrogen and oxygen atoms in total. The minimum Gasteiger partial charge on any atom is -0.367 e. The van der Waals surface area contributed by atoms with Crippen LogP contribution in [0.2, 0.25) is 0 Å². The summed E-state index contributed by atoms with van der Waals surface area (Å²) in [4.78, 5) is 19.0. The number of anilines is 1. The molecule has 1 unspecified atom stereocenters. The largest absolute Gasteiger partial charge is 0.367 e. The second kappa shape index (κ2) is 5.68. The number of likely N-dealkylation sites (tertiary alicyclic amines) is 1. The van der Waals surface area contributed by atoms with Crippen molar-refractivity contribution in [2.45, 2.75) is 44.7 Å². The Labute approximate surface area is 134 Å². The zero-order valence-corrected chi connectivity index (χ0v) is 13.2. The van der Waals surface area contributed by atoms with Gasteiger partial charge in [-0.05, 0) is 44.7 Å². The molecule has 1 atom stereocenters. The normalized spacial score (nSPS) is 20.7. The van der Waals surface area contributed by atoms with Crippen LogP contribution >= 0.6 is 0 Å². The molecule has 1 aliphatic carbocycles. The van der Waals surface area contributed by atoms with E-state index in [9.17, 15) is 4.79 Å². The first-order valence-electron chi connectivity index (χ1n) is 8.17. The third-order valence-electron chi connectivity index (χ3n) is 4.43. The van der Waals surface area contributed by atoms with E-state index in [1.165, 1.54) is 12.8 Å². The van der Waals surface area contributed by atoms with Crippen LogP contribution in [0.4, 0.5) is 5.82 Å². The molecular formula is C17H20N4O2. The first-order valence-corrected chi connectivity index (χ1v) is 8.17. The van der Waals surface area contributed by atoms with Gasteiger partial charge in [-0.25, -0.2) is 4.98 Å². The summed E-state index contributed by atoms with van der Waals surface area (Å²) in [5, 5.41) is 7.27. The Kier molecular flexibility index (Phi) is 3.52. The van der Waals surface area contributed by atoms with Gasteiger partial charge in [0.2, 0.25) is 0 Å². The fraction of sp³-hybridized carbons (Fsp3) is 0.471. The summed E-state index contributed by atoms with van der Waals surface area (Å²) >= 11 is 0. The van der Waals surface area contributed by atoms with Gasteiger partial charge in [0, 0.05) is 24.8 Å². The Morgan fingerprint density at radius 2 is 2.22 bits per heavy atom. The minimum atomic E-state index is -0.0204. The second-order valence-electron chi connectivity index (χ2n) is 6.38. The van der Waals surface area contributed by atoms with E-state index >= 15 is 0 Å². The number of aryl methyl sites for hydroxylation is 1. The number of pyridine rings is 1. The fourth-order valence-electron chi connectivity index (χ4n) is 3.05. The van der Waals surface area contributed by atoms with Gasteiger partial charge in [-0.3, -0.25) is 4.79 Å².